The number of halogens is 3. The second-order valence-corrected chi connectivity index (χ2v) is 7.48. The molecule has 1 N–H and O–H groups in total. The summed E-state index contributed by atoms with van der Waals surface area (Å²) in [6.07, 6.45) is 0.813. The van der Waals surface area contributed by atoms with E-state index in [1.165, 1.54) is 12.1 Å². The van der Waals surface area contributed by atoms with E-state index in [0.29, 0.717) is 38.4 Å². The molecule has 28 heavy (non-hydrogen) atoms. The van der Waals surface area contributed by atoms with Gasteiger partial charge in [-0.1, -0.05) is 0 Å². The zero-order chi connectivity index (χ0) is 19.2. The molecule has 5 nitrogen and oxygen atoms in total. The molecule has 2 aromatic rings. The van der Waals surface area contributed by atoms with E-state index in [1.807, 2.05) is 18.7 Å². The summed E-state index contributed by atoms with van der Waals surface area (Å²) in [6, 6.07) is 3.59. The van der Waals surface area contributed by atoms with Crippen molar-refractivity contribution in [2.75, 3.05) is 44.2 Å². The van der Waals surface area contributed by atoms with Gasteiger partial charge in [-0.2, -0.15) is 0 Å². The van der Waals surface area contributed by atoms with Crippen LogP contribution in [0.3, 0.4) is 0 Å². The molecule has 9 heteroatoms. The zero-order valence-corrected chi connectivity index (χ0v) is 19.3. The van der Waals surface area contributed by atoms with Crippen LogP contribution in [0.2, 0.25) is 0 Å². The first-order chi connectivity index (χ1) is 13.1. The predicted molar refractivity (Wildman–Crippen MR) is 122 cm³/mol. The summed E-state index contributed by atoms with van der Waals surface area (Å²) in [4.78, 5) is 13.2. The molecule has 1 aliphatic heterocycles. The average molecular weight is 521 g/mol. The Kier molecular flexibility index (Phi) is 8.87. The normalized spacial score (nSPS) is 14.8. The highest BCUT2D eigenvalue weighted by Crippen LogP contribution is 2.22. The van der Waals surface area contributed by atoms with E-state index in [2.05, 4.69) is 20.6 Å². The van der Waals surface area contributed by atoms with Crippen molar-refractivity contribution in [1.29, 1.82) is 0 Å². The Hall–Kier alpha value is -1.49. The van der Waals surface area contributed by atoms with Gasteiger partial charge < -0.3 is 15.1 Å². The third kappa shape index (κ3) is 6.00. The molecule has 3 rings (SSSR count). The van der Waals surface area contributed by atoms with Crippen LogP contribution in [0.15, 0.2) is 28.6 Å². The van der Waals surface area contributed by atoms with Crippen LogP contribution in [0.1, 0.15) is 17.6 Å². The van der Waals surface area contributed by atoms with Crippen LogP contribution in [0.4, 0.5) is 14.5 Å². The van der Waals surface area contributed by atoms with Gasteiger partial charge >= 0.3 is 0 Å². The van der Waals surface area contributed by atoms with Gasteiger partial charge in [0.2, 0.25) is 0 Å². The summed E-state index contributed by atoms with van der Waals surface area (Å²) in [6.45, 7) is 8.15. The molecule has 1 aliphatic rings. The number of hydrogen-bond donors (Lipinski definition) is 1. The van der Waals surface area contributed by atoms with E-state index in [4.69, 9.17) is 4.99 Å². The molecule has 0 atom stereocenters. The Balaban J connectivity index is 0.00000280. The molecule has 154 valence electrons. The second-order valence-electron chi connectivity index (χ2n) is 6.41. The monoisotopic (exact) mass is 521 g/mol. The zero-order valence-electron chi connectivity index (χ0n) is 16.1. The fourth-order valence-corrected chi connectivity index (χ4v) is 3.76. The molecule has 2 heterocycles. The minimum absolute atomic E-state index is 0. The molecule has 1 aromatic carbocycles. The lowest BCUT2D eigenvalue weighted by Crippen LogP contribution is -2.52. The molecule has 0 unspecified atom stereocenters. The fraction of sp³-hybridized carbons (Fsp3) is 0.474. The predicted octanol–water partition coefficient (Wildman–Crippen LogP) is 3.68. The number of aliphatic imine (C=N–C) groups is 1. The number of guanidine groups is 1. The van der Waals surface area contributed by atoms with E-state index >= 15 is 0 Å². The van der Waals surface area contributed by atoms with E-state index < -0.39 is 5.82 Å². The summed E-state index contributed by atoms with van der Waals surface area (Å²) >= 11 is 1.65. The molecule has 1 saturated heterocycles. The highest BCUT2D eigenvalue weighted by Gasteiger charge is 2.22. The molecular weight excluding hydrogens is 495 g/mol. The molecule has 0 radical (unpaired) electrons. The van der Waals surface area contributed by atoms with Gasteiger partial charge in [0.05, 0.1) is 16.4 Å². The van der Waals surface area contributed by atoms with Crippen molar-refractivity contribution in [1.82, 2.24) is 15.2 Å². The molecule has 0 aliphatic carbocycles. The first-order valence-electron chi connectivity index (χ1n) is 9.21. The van der Waals surface area contributed by atoms with Gasteiger partial charge in [0.15, 0.2) is 5.96 Å². The Morgan fingerprint density at radius 2 is 2.00 bits per heavy atom. The van der Waals surface area contributed by atoms with Crippen molar-refractivity contribution < 1.29 is 8.78 Å². The fourth-order valence-electron chi connectivity index (χ4n) is 3.11. The van der Waals surface area contributed by atoms with E-state index in [1.54, 1.807) is 11.3 Å². The maximum atomic E-state index is 14.0. The third-order valence-corrected chi connectivity index (χ3v) is 5.28. The number of aromatic nitrogens is 1. The SMILES string of the molecule is CCNC(=NCCc1csc(C)n1)N1CCN(c2cc(F)ccc2F)CC1.I. The molecule has 0 amide bonds. The van der Waals surface area contributed by atoms with Crippen LogP contribution in [0.5, 0.6) is 0 Å². The maximum absolute atomic E-state index is 14.0. The molecule has 0 bridgehead atoms. The van der Waals surface area contributed by atoms with E-state index in [0.717, 1.165) is 35.7 Å². The smallest absolute Gasteiger partial charge is 0.194 e. The number of nitrogens with one attached hydrogen (secondary N) is 1. The third-order valence-electron chi connectivity index (χ3n) is 4.46. The molecule has 1 fully saturated rings. The molecule has 1 aromatic heterocycles. The highest BCUT2D eigenvalue weighted by atomic mass is 127. The van der Waals surface area contributed by atoms with E-state index in [-0.39, 0.29) is 29.8 Å². The van der Waals surface area contributed by atoms with Crippen molar-refractivity contribution in [3.8, 4) is 0 Å². The highest BCUT2D eigenvalue weighted by molar-refractivity contribution is 14.0. The number of thiazole rings is 1. The van der Waals surface area contributed by atoms with Gasteiger partial charge in [-0.05, 0) is 26.0 Å². The van der Waals surface area contributed by atoms with Crippen molar-refractivity contribution in [2.24, 2.45) is 4.99 Å². The Morgan fingerprint density at radius 3 is 2.64 bits per heavy atom. The Morgan fingerprint density at radius 1 is 1.25 bits per heavy atom. The van der Waals surface area contributed by atoms with Crippen LogP contribution in [0, 0.1) is 18.6 Å². The van der Waals surface area contributed by atoms with Crippen LogP contribution >= 0.6 is 35.3 Å². The number of rotatable bonds is 5. The van der Waals surface area contributed by atoms with Gasteiger partial charge in [0, 0.05) is 57.1 Å². The van der Waals surface area contributed by atoms with Gasteiger partial charge in [0.1, 0.15) is 11.6 Å². The summed E-state index contributed by atoms with van der Waals surface area (Å²) in [5.74, 6) is 0.0637. The first kappa shape index (κ1) is 22.8. The van der Waals surface area contributed by atoms with Crippen LogP contribution in [0.25, 0.3) is 0 Å². The Labute approximate surface area is 185 Å². The summed E-state index contributed by atoms with van der Waals surface area (Å²) in [5, 5.41) is 6.47. The van der Waals surface area contributed by atoms with Crippen molar-refractivity contribution in [2.45, 2.75) is 20.3 Å². The number of benzene rings is 1. The van der Waals surface area contributed by atoms with Crippen LogP contribution in [-0.2, 0) is 6.42 Å². The summed E-state index contributed by atoms with van der Waals surface area (Å²) in [5.41, 5.74) is 1.40. The number of hydrogen-bond acceptors (Lipinski definition) is 4. The minimum atomic E-state index is -0.416. The lowest BCUT2D eigenvalue weighted by Gasteiger charge is -2.37. The summed E-state index contributed by atoms with van der Waals surface area (Å²) in [7, 11) is 0. The van der Waals surface area contributed by atoms with Gasteiger partial charge in [-0.3, -0.25) is 4.99 Å². The molecule has 0 spiro atoms. The lowest BCUT2D eigenvalue weighted by atomic mass is 10.2. The minimum Gasteiger partial charge on any atom is -0.366 e. The van der Waals surface area contributed by atoms with Crippen LogP contribution in [-0.4, -0.2) is 55.1 Å². The average Bonchev–Trinajstić information content (AvgIpc) is 3.08. The largest absolute Gasteiger partial charge is 0.366 e. The lowest BCUT2D eigenvalue weighted by molar-refractivity contribution is 0.370. The van der Waals surface area contributed by atoms with Crippen molar-refractivity contribution in [3.05, 3.63) is 45.9 Å². The standard InChI is InChI=1S/C19H25F2N5S.HI/c1-3-22-19(23-7-6-16-13-27-14(2)24-16)26-10-8-25(9-11-26)18-12-15(20)4-5-17(18)21;/h4-5,12-13H,3,6-11H2,1-2H3,(H,22,23);1H. The van der Waals surface area contributed by atoms with Gasteiger partial charge in [-0.15, -0.1) is 35.3 Å². The molecule has 0 saturated carbocycles. The van der Waals surface area contributed by atoms with Crippen molar-refractivity contribution >= 4 is 47.0 Å². The topological polar surface area (TPSA) is 43.8 Å². The number of aryl methyl sites for hydroxylation is 1. The van der Waals surface area contributed by atoms with Crippen molar-refractivity contribution in [3.63, 3.8) is 0 Å². The molecular formula is C19H26F2IN5S. The first-order valence-corrected chi connectivity index (χ1v) is 10.1. The van der Waals surface area contributed by atoms with Gasteiger partial charge in [-0.25, -0.2) is 13.8 Å². The number of nitrogens with zero attached hydrogens (tertiary/aromatic N) is 4. The summed E-state index contributed by atoms with van der Waals surface area (Å²) < 4.78 is 27.4. The maximum Gasteiger partial charge on any atom is 0.194 e. The van der Waals surface area contributed by atoms with Crippen LogP contribution < -0.4 is 10.2 Å². The number of piperazine rings is 1. The second kappa shape index (κ2) is 10.9. The van der Waals surface area contributed by atoms with E-state index in [9.17, 15) is 8.78 Å². The van der Waals surface area contributed by atoms with Gasteiger partial charge in [0.25, 0.3) is 0 Å². The number of anilines is 1. The Bertz CT molecular complexity index is 790. The quantitative estimate of drug-likeness (QED) is 0.371.